The molecule has 2 N–H and O–H groups in total. The third-order valence-electron chi connectivity index (χ3n) is 3.45. The molecule has 1 saturated heterocycles. The van der Waals surface area contributed by atoms with Crippen molar-refractivity contribution >= 4 is 35.4 Å². The van der Waals surface area contributed by atoms with Crippen molar-refractivity contribution in [2.45, 2.75) is 19.8 Å². The molecule has 0 aliphatic carbocycles. The van der Waals surface area contributed by atoms with Crippen LogP contribution >= 0.6 is 23.7 Å². The Morgan fingerprint density at radius 2 is 2.05 bits per heavy atom. The zero-order valence-electron chi connectivity index (χ0n) is 10.9. The van der Waals surface area contributed by atoms with Gasteiger partial charge in [-0.25, -0.2) is 0 Å². The van der Waals surface area contributed by atoms with E-state index in [1.165, 1.54) is 18.3 Å². The normalized spacial score (nSPS) is 16.0. The molecule has 1 aliphatic heterocycles. The first-order valence-corrected chi connectivity index (χ1v) is 7.08. The summed E-state index contributed by atoms with van der Waals surface area (Å²) in [6, 6.07) is 1.70. The standard InChI is InChI=1S/C13H18N2O2S.ClH/c1-9(16)11-6-12(18-8-11)13(17)15-4-2-10(7-14)3-5-15;/h6,8,10H,2-5,7,14H2,1H3;1H. The lowest BCUT2D eigenvalue weighted by atomic mass is 9.97. The van der Waals surface area contributed by atoms with Gasteiger partial charge in [0.05, 0.1) is 4.88 Å². The van der Waals surface area contributed by atoms with Gasteiger partial charge in [0.15, 0.2) is 5.78 Å². The number of halogens is 1. The zero-order valence-corrected chi connectivity index (χ0v) is 12.6. The predicted molar refractivity (Wildman–Crippen MR) is 79.3 cm³/mol. The Morgan fingerprint density at radius 1 is 1.42 bits per heavy atom. The van der Waals surface area contributed by atoms with Gasteiger partial charge in [-0.05, 0) is 38.3 Å². The molecule has 1 aliphatic rings. The fourth-order valence-corrected chi connectivity index (χ4v) is 3.07. The maximum absolute atomic E-state index is 12.2. The number of nitrogens with zero attached hydrogens (tertiary/aromatic N) is 1. The van der Waals surface area contributed by atoms with Gasteiger partial charge in [-0.15, -0.1) is 23.7 Å². The molecular weight excluding hydrogens is 284 g/mol. The van der Waals surface area contributed by atoms with Gasteiger partial charge in [-0.1, -0.05) is 0 Å². The Hall–Kier alpha value is -0.910. The second-order valence-corrected chi connectivity index (χ2v) is 5.64. The van der Waals surface area contributed by atoms with Crippen molar-refractivity contribution in [1.29, 1.82) is 0 Å². The van der Waals surface area contributed by atoms with Crippen molar-refractivity contribution in [2.24, 2.45) is 11.7 Å². The van der Waals surface area contributed by atoms with Crippen molar-refractivity contribution in [1.82, 2.24) is 4.90 Å². The number of Topliss-reactive ketones (excluding diaryl/α,β-unsaturated/α-hetero) is 1. The minimum Gasteiger partial charge on any atom is -0.338 e. The molecule has 2 heterocycles. The largest absolute Gasteiger partial charge is 0.338 e. The van der Waals surface area contributed by atoms with Gasteiger partial charge in [0.1, 0.15) is 0 Å². The number of ketones is 1. The van der Waals surface area contributed by atoms with Crippen LogP contribution in [0.4, 0.5) is 0 Å². The summed E-state index contributed by atoms with van der Waals surface area (Å²) < 4.78 is 0. The molecule has 1 aromatic heterocycles. The molecule has 1 aromatic rings. The van der Waals surface area contributed by atoms with Crippen LogP contribution in [0.1, 0.15) is 39.8 Å². The molecule has 0 atom stereocenters. The lowest BCUT2D eigenvalue weighted by molar-refractivity contribution is 0.0698. The molecule has 0 unspecified atom stereocenters. The minimum atomic E-state index is 0. The van der Waals surface area contributed by atoms with Crippen LogP contribution in [0.2, 0.25) is 0 Å². The Kier molecular flexibility index (Phi) is 5.97. The molecule has 0 saturated carbocycles. The van der Waals surface area contributed by atoms with E-state index in [-0.39, 0.29) is 24.1 Å². The summed E-state index contributed by atoms with van der Waals surface area (Å²) in [5.74, 6) is 0.597. The third-order valence-corrected chi connectivity index (χ3v) is 4.37. The average Bonchev–Trinajstić information content (AvgIpc) is 2.88. The number of hydrogen-bond donors (Lipinski definition) is 1. The van der Waals surface area contributed by atoms with Gasteiger partial charge in [0.25, 0.3) is 5.91 Å². The van der Waals surface area contributed by atoms with Gasteiger partial charge in [0.2, 0.25) is 0 Å². The molecule has 0 bridgehead atoms. The van der Waals surface area contributed by atoms with Gasteiger partial charge < -0.3 is 10.6 Å². The van der Waals surface area contributed by atoms with Crippen molar-refractivity contribution in [3.8, 4) is 0 Å². The molecule has 2 rings (SSSR count). The van der Waals surface area contributed by atoms with Crippen LogP contribution in [-0.4, -0.2) is 36.2 Å². The predicted octanol–water partition coefficient (Wildman–Crippen LogP) is 2.18. The number of rotatable bonds is 3. The van der Waals surface area contributed by atoms with Gasteiger partial charge in [0, 0.05) is 24.0 Å². The second kappa shape index (κ2) is 7.03. The molecule has 1 fully saturated rings. The van der Waals surface area contributed by atoms with Crippen molar-refractivity contribution < 1.29 is 9.59 Å². The van der Waals surface area contributed by atoms with Crippen molar-refractivity contribution in [3.05, 3.63) is 21.9 Å². The maximum Gasteiger partial charge on any atom is 0.263 e. The number of likely N-dealkylation sites (tertiary alicyclic amines) is 1. The van der Waals surface area contributed by atoms with E-state index in [4.69, 9.17) is 5.73 Å². The van der Waals surface area contributed by atoms with Crippen LogP contribution in [-0.2, 0) is 0 Å². The van der Waals surface area contributed by atoms with E-state index >= 15 is 0 Å². The van der Waals surface area contributed by atoms with E-state index in [1.807, 2.05) is 4.90 Å². The van der Waals surface area contributed by atoms with E-state index in [1.54, 1.807) is 11.4 Å². The highest BCUT2D eigenvalue weighted by molar-refractivity contribution is 7.12. The smallest absolute Gasteiger partial charge is 0.263 e. The maximum atomic E-state index is 12.2. The molecule has 19 heavy (non-hydrogen) atoms. The SMILES string of the molecule is CC(=O)c1csc(C(=O)N2CCC(CN)CC2)c1.Cl. The summed E-state index contributed by atoms with van der Waals surface area (Å²) in [6.07, 6.45) is 1.96. The van der Waals surface area contributed by atoms with Crippen LogP contribution in [0.5, 0.6) is 0 Å². The van der Waals surface area contributed by atoms with Crippen LogP contribution in [0.15, 0.2) is 11.4 Å². The Labute approximate surface area is 123 Å². The van der Waals surface area contributed by atoms with E-state index < -0.39 is 0 Å². The highest BCUT2D eigenvalue weighted by Gasteiger charge is 2.24. The molecular formula is C13H19ClN2O2S. The highest BCUT2D eigenvalue weighted by Crippen LogP contribution is 2.21. The summed E-state index contributed by atoms with van der Waals surface area (Å²) >= 11 is 1.35. The number of carbonyl (C=O) groups excluding carboxylic acids is 2. The molecule has 6 heteroatoms. The third kappa shape index (κ3) is 3.78. The summed E-state index contributed by atoms with van der Waals surface area (Å²) in [5.41, 5.74) is 6.26. The first kappa shape index (κ1) is 16.1. The minimum absolute atomic E-state index is 0. The Bertz CT molecular complexity index is 453. The highest BCUT2D eigenvalue weighted by atomic mass is 35.5. The number of amides is 1. The zero-order chi connectivity index (χ0) is 13.1. The van der Waals surface area contributed by atoms with Gasteiger partial charge in [-0.2, -0.15) is 0 Å². The number of carbonyl (C=O) groups is 2. The molecule has 0 aromatic carbocycles. The average molecular weight is 303 g/mol. The monoisotopic (exact) mass is 302 g/mol. The van der Waals surface area contributed by atoms with E-state index in [2.05, 4.69) is 0 Å². The fourth-order valence-electron chi connectivity index (χ4n) is 2.16. The number of piperidine rings is 1. The molecule has 4 nitrogen and oxygen atoms in total. The summed E-state index contributed by atoms with van der Waals surface area (Å²) in [6.45, 7) is 3.76. The van der Waals surface area contributed by atoms with Crippen LogP contribution in [0.25, 0.3) is 0 Å². The number of nitrogens with two attached hydrogens (primary N) is 1. The molecule has 0 radical (unpaired) electrons. The Balaban J connectivity index is 0.00000180. The van der Waals surface area contributed by atoms with Gasteiger partial charge in [-0.3, -0.25) is 9.59 Å². The first-order valence-electron chi connectivity index (χ1n) is 6.20. The second-order valence-electron chi connectivity index (χ2n) is 4.73. The molecule has 0 spiro atoms. The van der Waals surface area contributed by atoms with Crippen molar-refractivity contribution in [3.63, 3.8) is 0 Å². The summed E-state index contributed by atoms with van der Waals surface area (Å²) in [4.78, 5) is 26.0. The lowest BCUT2D eigenvalue weighted by Gasteiger charge is -2.31. The van der Waals surface area contributed by atoms with Crippen LogP contribution in [0, 0.1) is 5.92 Å². The van der Waals surface area contributed by atoms with Crippen molar-refractivity contribution in [2.75, 3.05) is 19.6 Å². The van der Waals surface area contributed by atoms with Crippen LogP contribution in [0.3, 0.4) is 0 Å². The summed E-state index contributed by atoms with van der Waals surface area (Å²) in [5, 5.41) is 1.75. The topological polar surface area (TPSA) is 63.4 Å². The number of hydrogen-bond acceptors (Lipinski definition) is 4. The fraction of sp³-hybridized carbons (Fsp3) is 0.538. The molecule has 106 valence electrons. The lowest BCUT2D eigenvalue weighted by Crippen LogP contribution is -2.39. The number of thiophene rings is 1. The van der Waals surface area contributed by atoms with E-state index in [0.29, 0.717) is 22.9 Å². The van der Waals surface area contributed by atoms with Crippen LogP contribution < -0.4 is 5.73 Å². The van der Waals surface area contributed by atoms with Gasteiger partial charge >= 0.3 is 0 Å². The summed E-state index contributed by atoms with van der Waals surface area (Å²) in [7, 11) is 0. The molecule has 1 amide bonds. The Morgan fingerprint density at radius 3 is 2.53 bits per heavy atom. The van der Waals surface area contributed by atoms with E-state index in [0.717, 1.165) is 25.9 Å². The quantitative estimate of drug-likeness (QED) is 0.871. The van der Waals surface area contributed by atoms with E-state index in [9.17, 15) is 9.59 Å². The first-order chi connectivity index (χ1) is 8.61.